The molecular weight excluding hydrogens is 596 g/mol. The Kier molecular flexibility index (Phi) is 9.51. The molecule has 3 aliphatic rings. The average molecular weight is 637 g/mol. The van der Waals surface area contributed by atoms with Crippen molar-refractivity contribution >= 4 is 17.7 Å². The van der Waals surface area contributed by atoms with E-state index in [1.54, 1.807) is 27.9 Å². The third kappa shape index (κ3) is 7.62. The number of amides is 3. The second kappa shape index (κ2) is 14.1. The summed E-state index contributed by atoms with van der Waals surface area (Å²) >= 11 is 0. The van der Waals surface area contributed by atoms with Crippen molar-refractivity contribution in [2.75, 3.05) is 19.7 Å². The minimum atomic E-state index is -0.502. The highest BCUT2D eigenvalue weighted by atomic mass is 16.5. The Balaban J connectivity index is 1.30. The van der Waals surface area contributed by atoms with Crippen LogP contribution in [0, 0.1) is 5.92 Å². The van der Waals surface area contributed by atoms with E-state index < -0.39 is 12.1 Å². The topological polar surface area (TPSA) is 128 Å². The highest BCUT2D eigenvalue weighted by Crippen LogP contribution is 2.26. The molecule has 2 aromatic heterocycles. The number of fused-ring (bicyclic) bond motifs is 7. The molecule has 0 radical (unpaired) electrons. The molecule has 4 aromatic rings. The molecule has 0 spiro atoms. The van der Waals surface area contributed by atoms with Crippen LogP contribution in [0.5, 0.6) is 11.5 Å². The second-order valence-electron chi connectivity index (χ2n) is 12.4. The van der Waals surface area contributed by atoms with Gasteiger partial charge < -0.3 is 25.0 Å². The van der Waals surface area contributed by atoms with E-state index in [2.05, 4.69) is 34.6 Å². The molecule has 11 nitrogen and oxygen atoms in total. The predicted molar refractivity (Wildman–Crippen MR) is 176 cm³/mol. The van der Waals surface area contributed by atoms with Crippen molar-refractivity contribution in [3.8, 4) is 22.6 Å². The van der Waals surface area contributed by atoms with Gasteiger partial charge >= 0.3 is 0 Å². The fourth-order valence-electron chi connectivity index (χ4n) is 5.96. The van der Waals surface area contributed by atoms with E-state index in [9.17, 15) is 14.4 Å². The van der Waals surface area contributed by atoms with E-state index in [1.807, 2.05) is 55.5 Å². The van der Waals surface area contributed by atoms with Gasteiger partial charge in [-0.3, -0.25) is 24.0 Å². The first-order chi connectivity index (χ1) is 22.7. The van der Waals surface area contributed by atoms with Gasteiger partial charge in [-0.15, -0.1) is 0 Å². The number of aryl methyl sites for hydroxylation is 1. The first-order valence-corrected chi connectivity index (χ1v) is 16.1. The number of pyridine rings is 1. The zero-order chi connectivity index (χ0) is 32.9. The smallest absolute Gasteiger partial charge is 0.272 e. The summed E-state index contributed by atoms with van der Waals surface area (Å²) in [6.45, 7) is 7.75. The number of piperidine rings is 1. The van der Waals surface area contributed by atoms with Gasteiger partial charge in [0.2, 0.25) is 0 Å². The van der Waals surface area contributed by atoms with Crippen LogP contribution < -0.4 is 20.1 Å². The predicted octanol–water partition coefficient (Wildman–Crippen LogP) is 4.26. The van der Waals surface area contributed by atoms with Crippen LogP contribution in [0.2, 0.25) is 0 Å². The molecule has 11 heteroatoms. The molecule has 0 unspecified atom stereocenters. The van der Waals surface area contributed by atoms with Crippen LogP contribution in [0.1, 0.15) is 59.3 Å². The van der Waals surface area contributed by atoms with Crippen LogP contribution in [-0.4, -0.2) is 69.2 Å². The monoisotopic (exact) mass is 636 g/mol. The first kappa shape index (κ1) is 31.8. The van der Waals surface area contributed by atoms with Gasteiger partial charge in [-0.2, -0.15) is 5.10 Å². The molecule has 7 rings (SSSR count). The maximum atomic E-state index is 13.9. The largest absolute Gasteiger partial charge is 0.488 e. The van der Waals surface area contributed by atoms with Crippen LogP contribution in [0.4, 0.5) is 0 Å². The van der Waals surface area contributed by atoms with Crippen molar-refractivity contribution in [3.63, 3.8) is 0 Å². The molecule has 2 aromatic carbocycles. The molecular formula is C36H40N6O5. The SMILES string of the molecule is CCn1nc(CC(C)C)cc1C(=O)N1CC[C@@H]2Oc3ccc(cc3)CNC(=O)COc3cccc(c3)-c3cncc(c3)C(=O)N[C@@H]2C1. The summed E-state index contributed by atoms with van der Waals surface area (Å²) in [5.74, 6) is 0.892. The van der Waals surface area contributed by atoms with E-state index >= 15 is 0 Å². The van der Waals surface area contributed by atoms with Gasteiger partial charge in [0, 0.05) is 50.6 Å². The maximum absolute atomic E-state index is 13.9. The van der Waals surface area contributed by atoms with Crippen molar-refractivity contribution < 1.29 is 23.9 Å². The van der Waals surface area contributed by atoms with Crippen molar-refractivity contribution in [2.45, 2.75) is 58.8 Å². The molecule has 3 aliphatic heterocycles. The third-order valence-corrected chi connectivity index (χ3v) is 8.36. The normalized spacial score (nSPS) is 18.4. The number of hydrogen-bond acceptors (Lipinski definition) is 7. The summed E-state index contributed by atoms with van der Waals surface area (Å²) in [7, 11) is 0. The van der Waals surface area contributed by atoms with Crippen LogP contribution in [0.15, 0.2) is 73.1 Å². The van der Waals surface area contributed by atoms with Gasteiger partial charge in [0.15, 0.2) is 6.61 Å². The lowest BCUT2D eigenvalue weighted by atomic mass is 10.00. The number of benzene rings is 2. The average Bonchev–Trinajstić information content (AvgIpc) is 3.49. The Labute approximate surface area is 274 Å². The lowest BCUT2D eigenvalue weighted by Crippen LogP contribution is -2.58. The van der Waals surface area contributed by atoms with Crippen molar-refractivity contribution in [2.24, 2.45) is 5.92 Å². The van der Waals surface area contributed by atoms with Gasteiger partial charge in [0.25, 0.3) is 17.7 Å². The zero-order valence-electron chi connectivity index (χ0n) is 26.9. The quantitative estimate of drug-likeness (QED) is 0.343. The number of ether oxygens (including phenoxy) is 2. The summed E-state index contributed by atoms with van der Waals surface area (Å²) < 4.78 is 13.9. The lowest BCUT2D eigenvalue weighted by Gasteiger charge is -2.38. The number of nitrogens with zero attached hydrogens (tertiary/aromatic N) is 4. The molecule has 1 fully saturated rings. The highest BCUT2D eigenvalue weighted by molar-refractivity contribution is 5.96. The fourth-order valence-corrected chi connectivity index (χ4v) is 5.96. The molecule has 1 saturated heterocycles. The van der Waals surface area contributed by atoms with Crippen LogP contribution in [0.25, 0.3) is 11.1 Å². The minimum Gasteiger partial charge on any atom is -0.488 e. The number of hydrogen-bond donors (Lipinski definition) is 2. The van der Waals surface area contributed by atoms with Crippen molar-refractivity contribution in [1.29, 1.82) is 0 Å². The zero-order valence-corrected chi connectivity index (χ0v) is 26.9. The summed E-state index contributed by atoms with van der Waals surface area (Å²) in [6, 6.07) is 17.9. The molecule has 5 heterocycles. The number of likely N-dealkylation sites (tertiary alicyclic amines) is 1. The minimum absolute atomic E-state index is 0.120. The molecule has 2 N–H and O–H groups in total. The Morgan fingerprint density at radius 3 is 2.60 bits per heavy atom. The van der Waals surface area contributed by atoms with Gasteiger partial charge in [-0.1, -0.05) is 38.1 Å². The molecule has 47 heavy (non-hydrogen) atoms. The van der Waals surface area contributed by atoms with Crippen LogP contribution in [-0.2, 0) is 24.3 Å². The number of aromatic nitrogens is 3. The number of nitrogens with one attached hydrogen (secondary N) is 2. The fraction of sp³-hybridized carbons (Fsp3) is 0.361. The van der Waals surface area contributed by atoms with Gasteiger partial charge in [-0.05, 0) is 66.8 Å². The Hall–Kier alpha value is -5.19. The Morgan fingerprint density at radius 2 is 1.81 bits per heavy atom. The first-order valence-electron chi connectivity index (χ1n) is 16.1. The van der Waals surface area contributed by atoms with Crippen molar-refractivity contribution in [3.05, 3.63) is 95.6 Å². The second-order valence-corrected chi connectivity index (χ2v) is 12.4. The van der Waals surface area contributed by atoms with E-state index in [1.165, 1.54) is 6.20 Å². The number of carbonyl (C=O) groups excluding carboxylic acids is 3. The van der Waals surface area contributed by atoms with Gasteiger partial charge in [0.05, 0.1) is 17.3 Å². The Morgan fingerprint density at radius 1 is 1.00 bits per heavy atom. The molecule has 0 saturated carbocycles. The standard InChI is InChI=1S/C36H40N6O5/c1-4-42-32(17-28(40-42)14-23(2)3)36(45)41-13-12-33-31(21-41)39-35(44)27-15-26(19-37-20-27)25-6-5-7-30(16-25)46-22-34(43)38-18-24-8-10-29(47-33)11-9-24/h5-11,15-17,19-20,23,31,33H,4,12-14,18,21-22H2,1-3H3,(H,38,43)(H,39,44)/t31-,33+/m1/s1. The summed E-state index contributed by atoms with van der Waals surface area (Å²) in [6.07, 6.45) is 4.11. The van der Waals surface area contributed by atoms with Gasteiger partial charge in [-0.25, -0.2) is 0 Å². The van der Waals surface area contributed by atoms with Crippen LogP contribution >= 0.6 is 0 Å². The van der Waals surface area contributed by atoms with Crippen molar-refractivity contribution in [1.82, 2.24) is 30.3 Å². The highest BCUT2D eigenvalue weighted by Gasteiger charge is 2.36. The molecule has 6 bridgehead atoms. The molecule has 244 valence electrons. The van der Waals surface area contributed by atoms with E-state index in [4.69, 9.17) is 9.47 Å². The molecule has 3 amide bonds. The summed E-state index contributed by atoms with van der Waals surface area (Å²) in [4.78, 5) is 46.2. The Bertz CT molecular complexity index is 1750. The molecule has 0 aliphatic carbocycles. The van der Waals surface area contributed by atoms with E-state index in [-0.39, 0.29) is 30.9 Å². The maximum Gasteiger partial charge on any atom is 0.272 e. The lowest BCUT2D eigenvalue weighted by molar-refractivity contribution is -0.123. The molecule has 2 atom stereocenters. The number of carbonyl (C=O) groups is 3. The number of rotatable bonds is 4. The van der Waals surface area contributed by atoms with Gasteiger partial charge in [0.1, 0.15) is 23.3 Å². The summed E-state index contributed by atoms with van der Waals surface area (Å²) in [5, 5.41) is 10.7. The van der Waals surface area contributed by atoms with E-state index in [0.717, 1.165) is 28.8 Å². The van der Waals surface area contributed by atoms with Crippen LogP contribution in [0.3, 0.4) is 0 Å². The van der Waals surface area contributed by atoms with E-state index in [0.29, 0.717) is 54.7 Å². The third-order valence-electron chi connectivity index (χ3n) is 8.36. The summed E-state index contributed by atoms with van der Waals surface area (Å²) in [5.41, 5.74) is 4.23.